The molecule has 1 fully saturated rings. The number of aromatic nitrogens is 3. The molecule has 37 heavy (non-hydrogen) atoms. The van der Waals surface area contributed by atoms with E-state index >= 15 is 4.39 Å². The van der Waals surface area contributed by atoms with E-state index in [-0.39, 0.29) is 47.5 Å². The highest BCUT2D eigenvalue weighted by molar-refractivity contribution is 7.93. The zero-order chi connectivity index (χ0) is 27.0. The summed E-state index contributed by atoms with van der Waals surface area (Å²) < 4.78 is 75.9. The molecule has 6 nitrogen and oxygen atoms in total. The van der Waals surface area contributed by atoms with Crippen LogP contribution in [0.5, 0.6) is 0 Å². The molecule has 0 unspecified atom stereocenters. The van der Waals surface area contributed by atoms with Crippen LogP contribution in [0.4, 0.5) is 17.6 Å². The van der Waals surface area contributed by atoms with Crippen molar-refractivity contribution >= 4 is 20.8 Å². The highest BCUT2D eigenvalue weighted by Gasteiger charge is 2.41. The molecule has 0 aliphatic carbocycles. The van der Waals surface area contributed by atoms with E-state index in [1.54, 1.807) is 6.92 Å². The Kier molecular flexibility index (Phi) is 7.73. The molecular formula is C26H30F4N4O2S. The van der Waals surface area contributed by atoms with Gasteiger partial charge >= 0.3 is 0 Å². The average molecular weight is 539 g/mol. The Labute approximate surface area is 213 Å². The lowest BCUT2D eigenvalue weighted by Crippen LogP contribution is -2.39. The number of nitrogens with zero attached hydrogens (tertiary/aromatic N) is 4. The first kappa shape index (κ1) is 27.2. The smallest absolute Gasteiger partial charge is 0.266 e. The number of halogens is 4. The minimum atomic E-state index is -2.94. The molecule has 0 radical (unpaired) electrons. The van der Waals surface area contributed by atoms with Crippen molar-refractivity contribution < 1.29 is 21.8 Å². The summed E-state index contributed by atoms with van der Waals surface area (Å²) in [5, 5.41) is 0.427. The van der Waals surface area contributed by atoms with Crippen molar-refractivity contribution in [3.05, 3.63) is 69.1 Å². The van der Waals surface area contributed by atoms with Crippen molar-refractivity contribution in [2.45, 2.75) is 57.5 Å². The molecule has 11 heteroatoms. The van der Waals surface area contributed by atoms with Crippen LogP contribution in [-0.4, -0.2) is 36.8 Å². The quantitative estimate of drug-likeness (QED) is 0.368. The van der Waals surface area contributed by atoms with E-state index in [1.807, 2.05) is 6.92 Å². The van der Waals surface area contributed by atoms with Gasteiger partial charge in [0.2, 0.25) is 0 Å². The van der Waals surface area contributed by atoms with Crippen molar-refractivity contribution in [1.29, 1.82) is 0 Å². The van der Waals surface area contributed by atoms with E-state index in [0.717, 1.165) is 12.5 Å². The SMILES string of the molecule is CCCN=S1(=O)CCC(F)(c2cc3c(C[C@H](C)c4cccc(C(F)F)c4F)ncnc3n(C)c2=O)CC1. The van der Waals surface area contributed by atoms with Crippen LogP contribution < -0.4 is 5.56 Å². The third-order valence-corrected chi connectivity index (χ3v) is 9.42. The molecule has 0 amide bonds. The summed E-state index contributed by atoms with van der Waals surface area (Å²) >= 11 is 0. The molecule has 1 aromatic carbocycles. The van der Waals surface area contributed by atoms with Gasteiger partial charge in [-0.2, -0.15) is 0 Å². The summed E-state index contributed by atoms with van der Waals surface area (Å²) in [4.78, 5) is 21.7. The van der Waals surface area contributed by atoms with Gasteiger partial charge in [-0.05, 0) is 43.2 Å². The Morgan fingerprint density at radius 1 is 1.19 bits per heavy atom. The van der Waals surface area contributed by atoms with Crippen molar-refractivity contribution in [3.8, 4) is 0 Å². The van der Waals surface area contributed by atoms with Crippen molar-refractivity contribution in [3.63, 3.8) is 0 Å². The summed E-state index contributed by atoms with van der Waals surface area (Å²) in [5.74, 6) is -1.35. The van der Waals surface area contributed by atoms with Crippen LogP contribution in [0.3, 0.4) is 0 Å². The molecule has 4 rings (SSSR count). The van der Waals surface area contributed by atoms with Crippen LogP contribution in [0.15, 0.2) is 39.8 Å². The summed E-state index contributed by atoms with van der Waals surface area (Å²) in [6, 6.07) is 5.34. The normalized spacial score (nSPS) is 22.9. The van der Waals surface area contributed by atoms with E-state index in [9.17, 15) is 22.2 Å². The molecule has 1 atom stereocenters. The van der Waals surface area contributed by atoms with E-state index in [0.29, 0.717) is 17.6 Å². The lowest BCUT2D eigenvalue weighted by molar-refractivity contribution is 0.146. The second-order valence-corrected chi connectivity index (χ2v) is 12.3. The van der Waals surface area contributed by atoms with Gasteiger partial charge in [0, 0.05) is 40.2 Å². The van der Waals surface area contributed by atoms with Gasteiger partial charge in [0.15, 0.2) is 0 Å². The van der Waals surface area contributed by atoms with Gasteiger partial charge in [0.25, 0.3) is 12.0 Å². The van der Waals surface area contributed by atoms with Crippen LogP contribution in [-0.2, 0) is 28.9 Å². The Bertz CT molecular complexity index is 1480. The van der Waals surface area contributed by atoms with Crippen molar-refractivity contribution in [1.82, 2.24) is 14.5 Å². The minimum absolute atomic E-state index is 0.0611. The number of aryl methyl sites for hydroxylation is 1. The molecule has 3 aromatic rings. The van der Waals surface area contributed by atoms with E-state index in [1.165, 1.54) is 36.1 Å². The minimum Gasteiger partial charge on any atom is -0.295 e. The first-order valence-corrected chi connectivity index (χ1v) is 14.1. The zero-order valence-corrected chi connectivity index (χ0v) is 21.8. The maximum atomic E-state index is 16.2. The Hall–Kier alpha value is -2.82. The largest absolute Gasteiger partial charge is 0.295 e. The van der Waals surface area contributed by atoms with Crippen LogP contribution >= 0.6 is 0 Å². The fraction of sp³-hybridized carbons (Fsp3) is 0.500. The fourth-order valence-electron chi connectivity index (χ4n) is 4.85. The van der Waals surface area contributed by atoms with Crippen LogP contribution in [0.2, 0.25) is 0 Å². The predicted octanol–water partition coefficient (Wildman–Crippen LogP) is 5.59. The molecule has 0 saturated carbocycles. The van der Waals surface area contributed by atoms with Gasteiger partial charge in [0.1, 0.15) is 23.5 Å². The third-order valence-electron chi connectivity index (χ3n) is 7.08. The highest BCUT2D eigenvalue weighted by Crippen LogP contribution is 2.38. The number of hydrogen-bond acceptors (Lipinski definition) is 5. The van der Waals surface area contributed by atoms with E-state index in [4.69, 9.17) is 0 Å². The monoisotopic (exact) mass is 538 g/mol. The van der Waals surface area contributed by atoms with E-state index in [2.05, 4.69) is 14.3 Å². The van der Waals surface area contributed by atoms with Crippen LogP contribution in [0.1, 0.15) is 67.8 Å². The molecule has 3 heterocycles. The molecule has 0 spiro atoms. The summed E-state index contributed by atoms with van der Waals surface area (Å²) in [6.07, 6.45) is -0.949. The standard InChI is InChI=1S/C26H30F4N4O2S/c1-4-10-33-37(36)11-8-26(30,9-12-37)20-14-19-21(31-15-32-24(19)34(3)25(20)35)13-16(2)17-6-5-7-18(22(17)27)23(28)29/h5-7,14-16,23H,4,8-13H2,1-3H3/t16-,26?,37?/m0/s1. The Balaban J connectivity index is 1.73. The lowest BCUT2D eigenvalue weighted by Gasteiger charge is -2.31. The maximum Gasteiger partial charge on any atom is 0.266 e. The zero-order valence-electron chi connectivity index (χ0n) is 21.0. The van der Waals surface area contributed by atoms with Crippen LogP contribution in [0, 0.1) is 5.82 Å². The molecular weight excluding hydrogens is 508 g/mol. The summed E-state index contributed by atoms with van der Waals surface area (Å²) in [7, 11) is -1.01. The van der Waals surface area contributed by atoms with Gasteiger partial charge in [-0.1, -0.05) is 32.0 Å². The van der Waals surface area contributed by atoms with Gasteiger partial charge in [-0.3, -0.25) is 9.36 Å². The van der Waals surface area contributed by atoms with E-state index < -0.39 is 44.7 Å². The van der Waals surface area contributed by atoms with Gasteiger partial charge < -0.3 is 0 Å². The third kappa shape index (κ3) is 5.28. The molecule has 0 N–H and O–H groups in total. The molecule has 1 aliphatic heterocycles. The number of rotatable bonds is 7. The number of fused-ring (bicyclic) bond motifs is 1. The Morgan fingerprint density at radius 3 is 2.51 bits per heavy atom. The van der Waals surface area contributed by atoms with Crippen molar-refractivity contribution in [2.24, 2.45) is 11.4 Å². The number of benzene rings is 1. The summed E-state index contributed by atoms with van der Waals surface area (Å²) in [5.41, 5.74) is -2.40. The highest BCUT2D eigenvalue weighted by atomic mass is 32.2. The maximum absolute atomic E-state index is 16.2. The number of alkyl halides is 3. The van der Waals surface area contributed by atoms with Crippen molar-refractivity contribution in [2.75, 3.05) is 18.1 Å². The second-order valence-electron chi connectivity index (χ2n) is 9.63. The van der Waals surface area contributed by atoms with Gasteiger partial charge in [-0.25, -0.2) is 36.1 Å². The molecule has 1 saturated heterocycles. The average Bonchev–Trinajstić information content (AvgIpc) is 2.87. The first-order chi connectivity index (χ1) is 17.5. The predicted molar refractivity (Wildman–Crippen MR) is 136 cm³/mol. The lowest BCUT2D eigenvalue weighted by atomic mass is 9.89. The second kappa shape index (κ2) is 10.5. The molecule has 2 aromatic heterocycles. The Morgan fingerprint density at radius 2 is 1.86 bits per heavy atom. The van der Waals surface area contributed by atoms with Crippen LogP contribution in [0.25, 0.3) is 11.0 Å². The van der Waals surface area contributed by atoms with Gasteiger partial charge in [-0.15, -0.1) is 0 Å². The fourth-order valence-corrected chi connectivity index (χ4v) is 7.11. The molecule has 1 aliphatic rings. The number of hydrogen-bond donors (Lipinski definition) is 0. The first-order valence-electron chi connectivity index (χ1n) is 12.3. The number of pyridine rings is 1. The topological polar surface area (TPSA) is 77.2 Å². The molecule has 0 bridgehead atoms. The molecule has 200 valence electrons. The summed E-state index contributed by atoms with van der Waals surface area (Å²) in [6.45, 7) is 4.08. The van der Waals surface area contributed by atoms with Gasteiger partial charge in [0.05, 0.1) is 16.8 Å².